The van der Waals surface area contributed by atoms with Crippen LogP contribution in [0.4, 0.5) is 17.6 Å². The molecule has 0 saturated heterocycles. The maximum atomic E-state index is 12.1. The second-order valence-electron chi connectivity index (χ2n) is 2.15. The van der Waals surface area contributed by atoms with E-state index in [1.165, 1.54) is 0 Å². The lowest BCUT2D eigenvalue weighted by Gasteiger charge is -2.14. The van der Waals surface area contributed by atoms with Gasteiger partial charge < -0.3 is 15.7 Å². The van der Waals surface area contributed by atoms with Gasteiger partial charge in [-0.25, -0.2) is 8.78 Å². The lowest BCUT2D eigenvalue weighted by molar-refractivity contribution is -0.162. The molecule has 3 N–H and O–H groups in total. The number of ether oxygens (including phenoxy) is 1. The molecule has 0 amide bonds. The Morgan fingerprint density at radius 1 is 1.54 bits per heavy atom. The first-order chi connectivity index (χ1) is 5.90. The Morgan fingerprint density at radius 2 is 2.08 bits per heavy atom. The molecule has 4 nitrogen and oxygen atoms in total. The molecule has 0 aliphatic carbocycles. The number of hydrogen-bond acceptors (Lipinski definition) is 3. The number of rotatable bonds is 5. The molecule has 0 aliphatic rings. The summed E-state index contributed by atoms with van der Waals surface area (Å²) in [6, 6.07) is 0. The number of nitrogens with zero attached hydrogens (tertiary/aromatic N) is 1. The SMILES string of the molecule is N/C(COCC(F)(F)C(F)F)=N\O. The van der Waals surface area contributed by atoms with E-state index in [1.807, 2.05) is 0 Å². The van der Waals surface area contributed by atoms with E-state index in [4.69, 9.17) is 10.9 Å². The maximum Gasteiger partial charge on any atom is 0.330 e. The Bertz CT molecular complexity index is 185. The van der Waals surface area contributed by atoms with Crippen LogP contribution >= 0.6 is 0 Å². The molecule has 0 aliphatic heterocycles. The van der Waals surface area contributed by atoms with Crippen LogP contribution in [0.15, 0.2) is 5.16 Å². The number of hydrogen-bond donors (Lipinski definition) is 2. The van der Waals surface area contributed by atoms with E-state index in [9.17, 15) is 17.6 Å². The average Bonchev–Trinajstić information content (AvgIpc) is 2.03. The van der Waals surface area contributed by atoms with Crippen LogP contribution in [0.2, 0.25) is 0 Å². The normalized spacial score (nSPS) is 13.8. The molecule has 0 unspecified atom stereocenters. The third-order valence-corrected chi connectivity index (χ3v) is 0.992. The highest BCUT2D eigenvalue weighted by molar-refractivity contribution is 5.80. The van der Waals surface area contributed by atoms with Crippen molar-refractivity contribution in [3.05, 3.63) is 0 Å². The zero-order valence-electron chi connectivity index (χ0n) is 6.38. The molecule has 0 heterocycles. The van der Waals surface area contributed by atoms with Crippen LogP contribution in [-0.2, 0) is 4.74 Å². The van der Waals surface area contributed by atoms with Gasteiger partial charge in [0.15, 0.2) is 5.84 Å². The Morgan fingerprint density at radius 3 is 2.46 bits per heavy atom. The lowest BCUT2D eigenvalue weighted by atomic mass is 10.4. The minimum atomic E-state index is -4.21. The summed E-state index contributed by atoms with van der Waals surface area (Å²) >= 11 is 0. The molecule has 0 aromatic carbocycles. The van der Waals surface area contributed by atoms with Gasteiger partial charge in [-0.15, -0.1) is 0 Å². The molecule has 8 heteroatoms. The maximum absolute atomic E-state index is 12.1. The Hall–Kier alpha value is -1.05. The van der Waals surface area contributed by atoms with E-state index < -0.39 is 31.4 Å². The van der Waals surface area contributed by atoms with Gasteiger partial charge in [0.05, 0.1) is 0 Å². The molecular weight excluding hydrogens is 196 g/mol. The standard InChI is InChI=1S/C5H8F4N2O2/c6-4(7)5(8,9)2-13-1-3(10)11-12/h4,12H,1-2H2,(H2,10,11). The lowest BCUT2D eigenvalue weighted by Crippen LogP contribution is -2.34. The van der Waals surface area contributed by atoms with Crippen molar-refractivity contribution >= 4 is 5.84 Å². The van der Waals surface area contributed by atoms with E-state index in [0.717, 1.165) is 0 Å². The average molecular weight is 204 g/mol. The van der Waals surface area contributed by atoms with Gasteiger partial charge in [-0.1, -0.05) is 5.16 Å². The summed E-state index contributed by atoms with van der Waals surface area (Å²) in [4.78, 5) is 0. The smallest absolute Gasteiger partial charge is 0.330 e. The molecular formula is C5H8F4N2O2. The highest BCUT2D eigenvalue weighted by Gasteiger charge is 2.40. The van der Waals surface area contributed by atoms with Crippen molar-refractivity contribution in [3.63, 3.8) is 0 Å². The number of nitrogens with two attached hydrogens (primary N) is 1. The largest absolute Gasteiger partial charge is 0.409 e. The highest BCUT2D eigenvalue weighted by Crippen LogP contribution is 2.22. The second kappa shape index (κ2) is 4.85. The Labute approximate surface area is 71.0 Å². The fourth-order valence-electron chi connectivity index (χ4n) is 0.384. The van der Waals surface area contributed by atoms with E-state index in [1.54, 1.807) is 0 Å². The second-order valence-corrected chi connectivity index (χ2v) is 2.15. The minimum absolute atomic E-state index is 0.468. The summed E-state index contributed by atoms with van der Waals surface area (Å²) in [5, 5.41) is 10.3. The number of oxime groups is 1. The topological polar surface area (TPSA) is 67.8 Å². The van der Waals surface area contributed by atoms with Crippen LogP contribution in [0.1, 0.15) is 0 Å². The minimum Gasteiger partial charge on any atom is -0.409 e. The summed E-state index contributed by atoms with van der Waals surface area (Å²) in [5.74, 6) is -4.68. The summed E-state index contributed by atoms with van der Waals surface area (Å²) in [6.07, 6.45) is -3.79. The summed E-state index contributed by atoms with van der Waals surface area (Å²) < 4.78 is 51.2. The van der Waals surface area contributed by atoms with Gasteiger partial charge in [0, 0.05) is 0 Å². The zero-order chi connectivity index (χ0) is 10.5. The predicted molar refractivity (Wildman–Crippen MR) is 35.2 cm³/mol. The third-order valence-electron chi connectivity index (χ3n) is 0.992. The molecule has 0 atom stereocenters. The van der Waals surface area contributed by atoms with Crippen LogP contribution in [0.5, 0.6) is 0 Å². The molecule has 0 saturated carbocycles. The van der Waals surface area contributed by atoms with Gasteiger partial charge in [-0.3, -0.25) is 0 Å². The van der Waals surface area contributed by atoms with Crippen molar-refractivity contribution < 1.29 is 27.5 Å². The first-order valence-electron chi connectivity index (χ1n) is 3.10. The molecule has 0 aromatic rings. The van der Waals surface area contributed by atoms with Crippen LogP contribution in [0, 0.1) is 0 Å². The van der Waals surface area contributed by atoms with E-state index in [0.29, 0.717) is 0 Å². The first kappa shape index (κ1) is 11.9. The van der Waals surface area contributed by atoms with E-state index >= 15 is 0 Å². The van der Waals surface area contributed by atoms with Crippen molar-refractivity contribution in [2.75, 3.05) is 13.2 Å². The molecule has 0 bridgehead atoms. The summed E-state index contributed by atoms with van der Waals surface area (Å²) in [5.41, 5.74) is 4.82. The van der Waals surface area contributed by atoms with Gasteiger partial charge in [0.25, 0.3) is 0 Å². The number of alkyl halides is 4. The first-order valence-corrected chi connectivity index (χ1v) is 3.10. The molecule has 13 heavy (non-hydrogen) atoms. The summed E-state index contributed by atoms with van der Waals surface area (Å²) in [6.45, 7) is -2.10. The van der Waals surface area contributed by atoms with Crippen molar-refractivity contribution in [2.45, 2.75) is 12.3 Å². The van der Waals surface area contributed by atoms with Gasteiger partial charge >= 0.3 is 12.3 Å². The van der Waals surface area contributed by atoms with Crippen molar-refractivity contribution in [1.82, 2.24) is 0 Å². The monoisotopic (exact) mass is 204 g/mol. The van der Waals surface area contributed by atoms with Crippen LogP contribution < -0.4 is 5.73 Å². The van der Waals surface area contributed by atoms with Crippen LogP contribution in [-0.4, -0.2) is 36.6 Å². The quantitative estimate of drug-likeness (QED) is 0.227. The third kappa shape index (κ3) is 4.51. The zero-order valence-corrected chi connectivity index (χ0v) is 6.38. The molecule has 0 spiro atoms. The molecule has 0 fully saturated rings. The Balaban J connectivity index is 3.76. The van der Waals surface area contributed by atoms with E-state index in [2.05, 4.69) is 9.89 Å². The van der Waals surface area contributed by atoms with Crippen molar-refractivity contribution in [2.24, 2.45) is 10.9 Å². The summed E-state index contributed by atoms with van der Waals surface area (Å²) in [7, 11) is 0. The molecule has 0 rings (SSSR count). The highest BCUT2D eigenvalue weighted by atomic mass is 19.3. The van der Waals surface area contributed by atoms with E-state index in [-0.39, 0.29) is 0 Å². The van der Waals surface area contributed by atoms with Gasteiger partial charge in [0.2, 0.25) is 0 Å². The van der Waals surface area contributed by atoms with Gasteiger partial charge in [0.1, 0.15) is 13.2 Å². The van der Waals surface area contributed by atoms with Crippen molar-refractivity contribution in [1.29, 1.82) is 0 Å². The van der Waals surface area contributed by atoms with Crippen LogP contribution in [0.25, 0.3) is 0 Å². The predicted octanol–water partition coefficient (Wildman–Crippen LogP) is 0.650. The van der Waals surface area contributed by atoms with Gasteiger partial charge in [-0.05, 0) is 0 Å². The molecule has 0 radical (unpaired) electrons. The molecule has 78 valence electrons. The Kier molecular flexibility index (Phi) is 4.46. The van der Waals surface area contributed by atoms with Gasteiger partial charge in [-0.2, -0.15) is 8.78 Å². The fraction of sp³-hybridized carbons (Fsp3) is 0.800. The fourth-order valence-corrected chi connectivity index (χ4v) is 0.384. The number of halogens is 4. The van der Waals surface area contributed by atoms with Crippen molar-refractivity contribution in [3.8, 4) is 0 Å². The van der Waals surface area contributed by atoms with Crippen LogP contribution in [0.3, 0.4) is 0 Å². The molecule has 0 aromatic heterocycles. The number of amidine groups is 1.